The third kappa shape index (κ3) is 1.09. The SMILES string of the molecule is CC(C)(C)N1C[C@@H]2OCC[C@@H]21. The zero-order valence-electron chi connectivity index (χ0n) is 7.63. The third-order valence-corrected chi connectivity index (χ3v) is 2.81. The number of likely N-dealkylation sites (tertiary alicyclic amines) is 1. The van der Waals surface area contributed by atoms with Crippen LogP contribution in [0.5, 0.6) is 0 Å². The Hall–Kier alpha value is -0.0800. The fourth-order valence-corrected chi connectivity index (χ4v) is 2.13. The molecule has 0 bridgehead atoms. The minimum Gasteiger partial charge on any atom is -0.375 e. The monoisotopic (exact) mass is 155 g/mol. The highest BCUT2D eigenvalue weighted by Gasteiger charge is 2.47. The van der Waals surface area contributed by atoms with Crippen LogP contribution in [0.25, 0.3) is 0 Å². The van der Waals surface area contributed by atoms with Crippen molar-refractivity contribution in [1.29, 1.82) is 0 Å². The average Bonchev–Trinajstić information content (AvgIpc) is 2.08. The molecule has 2 heteroatoms. The van der Waals surface area contributed by atoms with Crippen LogP contribution >= 0.6 is 0 Å². The summed E-state index contributed by atoms with van der Waals surface area (Å²) >= 11 is 0. The van der Waals surface area contributed by atoms with Crippen LogP contribution in [0.1, 0.15) is 27.2 Å². The maximum atomic E-state index is 5.54. The van der Waals surface area contributed by atoms with Crippen LogP contribution in [0.3, 0.4) is 0 Å². The normalized spacial score (nSPS) is 38.5. The molecule has 11 heavy (non-hydrogen) atoms. The lowest BCUT2D eigenvalue weighted by molar-refractivity contribution is -0.0844. The lowest BCUT2D eigenvalue weighted by Gasteiger charge is -2.51. The summed E-state index contributed by atoms with van der Waals surface area (Å²) in [7, 11) is 0. The second kappa shape index (κ2) is 2.20. The first-order chi connectivity index (χ1) is 5.09. The minimum atomic E-state index is 0.342. The van der Waals surface area contributed by atoms with Crippen molar-refractivity contribution >= 4 is 0 Å². The van der Waals surface area contributed by atoms with Crippen molar-refractivity contribution in [2.45, 2.75) is 44.9 Å². The summed E-state index contributed by atoms with van der Waals surface area (Å²) in [4.78, 5) is 2.55. The highest BCUT2D eigenvalue weighted by Crippen LogP contribution is 2.35. The molecule has 0 amide bonds. The van der Waals surface area contributed by atoms with Crippen LogP contribution in [0.2, 0.25) is 0 Å². The largest absolute Gasteiger partial charge is 0.375 e. The third-order valence-electron chi connectivity index (χ3n) is 2.81. The fraction of sp³-hybridized carbons (Fsp3) is 1.00. The molecule has 2 atom stereocenters. The number of nitrogens with zero attached hydrogens (tertiary/aromatic N) is 1. The van der Waals surface area contributed by atoms with Crippen LogP contribution in [0.4, 0.5) is 0 Å². The van der Waals surface area contributed by atoms with Gasteiger partial charge in [-0.3, -0.25) is 4.90 Å². The van der Waals surface area contributed by atoms with E-state index in [1.54, 1.807) is 0 Å². The van der Waals surface area contributed by atoms with Crippen molar-refractivity contribution in [3.8, 4) is 0 Å². The summed E-state index contributed by atoms with van der Waals surface area (Å²) in [5, 5.41) is 0. The molecule has 0 aromatic heterocycles. The molecule has 64 valence electrons. The van der Waals surface area contributed by atoms with E-state index in [0.29, 0.717) is 11.6 Å². The van der Waals surface area contributed by atoms with Gasteiger partial charge in [-0.25, -0.2) is 0 Å². The predicted molar refractivity (Wildman–Crippen MR) is 44.6 cm³/mol. The zero-order chi connectivity index (χ0) is 8.06. The Bertz CT molecular complexity index is 161. The quantitative estimate of drug-likeness (QED) is 0.522. The lowest BCUT2D eigenvalue weighted by Crippen LogP contribution is -2.64. The van der Waals surface area contributed by atoms with Gasteiger partial charge in [0.05, 0.1) is 6.10 Å². The van der Waals surface area contributed by atoms with Crippen molar-refractivity contribution in [2.24, 2.45) is 0 Å². The van der Waals surface area contributed by atoms with E-state index < -0.39 is 0 Å². The number of hydrogen-bond donors (Lipinski definition) is 0. The summed E-state index contributed by atoms with van der Waals surface area (Å²) < 4.78 is 5.54. The van der Waals surface area contributed by atoms with E-state index in [0.717, 1.165) is 19.2 Å². The van der Waals surface area contributed by atoms with E-state index in [2.05, 4.69) is 25.7 Å². The van der Waals surface area contributed by atoms with Crippen LogP contribution in [0.15, 0.2) is 0 Å². The predicted octanol–water partition coefficient (Wildman–Crippen LogP) is 1.26. The van der Waals surface area contributed by atoms with Crippen molar-refractivity contribution < 1.29 is 4.74 Å². The minimum absolute atomic E-state index is 0.342. The number of fused-ring (bicyclic) bond motifs is 1. The van der Waals surface area contributed by atoms with Gasteiger partial charge in [0.2, 0.25) is 0 Å². The van der Waals surface area contributed by atoms with Gasteiger partial charge in [-0.1, -0.05) is 0 Å². The van der Waals surface area contributed by atoms with Crippen LogP contribution in [-0.2, 0) is 4.74 Å². The maximum Gasteiger partial charge on any atom is 0.0858 e. The second-order valence-corrected chi connectivity index (χ2v) is 4.59. The molecule has 2 nitrogen and oxygen atoms in total. The number of ether oxygens (including phenoxy) is 1. The number of hydrogen-bond acceptors (Lipinski definition) is 2. The molecule has 2 aliphatic heterocycles. The molecule has 0 N–H and O–H groups in total. The smallest absolute Gasteiger partial charge is 0.0858 e. The first-order valence-electron chi connectivity index (χ1n) is 4.47. The standard InChI is InChI=1S/C9H17NO/c1-9(2,3)10-6-8-7(10)4-5-11-8/h7-8H,4-6H2,1-3H3/t7-,8-/m0/s1. The van der Waals surface area contributed by atoms with Gasteiger partial charge in [0, 0.05) is 24.7 Å². The summed E-state index contributed by atoms with van der Waals surface area (Å²) in [6, 6.07) is 0.731. The molecule has 2 heterocycles. The first kappa shape index (κ1) is 7.56. The van der Waals surface area contributed by atoms with Gasteiger partial charge in [0.25, 0.3) is 0 Å². The van der Waals surface area contributed by atoms with Crippen molar-refractivity contribution in [1.82, 2.24) is 4.90 Å². The lowest BCUT2D eigenvalue weighted by atomic mass is 9.91. The van der Waals surface area contributed by atoms with E-state index in [1.807, 2.05) is 0 Å². The van der Waals surface area contributed by atoms with E-state index in [9.17, 15) is 0 Å². The van der Waals surface area contributed by atoms with Gasteiger partial charge in [-0.15, -0.1) is 0 Å². The zero-order valence-corrected chi connectivity index (χ0v) is 7.63. The molecule has 2 saturated heterocycles. The Kier molecular flexibility index (Phi) is 1.52. The van der Waals surface area contributed by atoms with Gasteiger partial charge in [-0.2, -0.15) is 0 Å². The fourth-order valence-electron chi connectivity index (χ4n) is 2.13. The average molecular weight is 155 g/mol. The summed E-state index contributed by atoms with van der Waals surface area (Å²) in [5.41, 5.74) is 0.342. The molecular formula is C9H17NO. The van der Waals surface area contributed by atoms with Crippen LogP contribution in [-0.4, -0.2) is 35.7 Å². The molecule has 0 aromatic carbocycles. The van der Waals surface area contributed by atoms with Gasteiger partial charge < -0.3 is 4.74 Å². The van der Waals surface area contributed by atoms with Crippen LogP contribution < -0.4 is 0 Å². The topological polar surface area (TPSA) is 12.5 Å². The van der Waals surface area contributed by atoms with E-state index >= 15 is 0 Å². The van der Waals surface area contributed by atoms with Crippen molar-refractivity contribution in [3.63, 3.8) is 0 Å². The van der Waals surface area contributed by atoms with Crippen molar-refractivity contribution in [3.05, 3.63) is 0 Å². The Labute approximate surface area is 68.5 Å². The highest BCUT2D eigenvalue weighted by atomic mass is 16.5. The van der Waals surface area contributed by atoms with Gasteiger partial charge in [0.15, 0.2) is 0 Å². The van der Waals surface area contributed by atoms with Crippen LogP contribution in [0, 0.1) is 0 Å². The molecule has 0 radical (unpaired) electrons. The maximum absolute atomic E-state index is 5.54. The summed E-state index contributed by atoms with van der Waals surface area (Å²) in [6.45, 7) is 8.96. The molecule has 0 spiro atoms. The Morgan fingerprint density at radius 2 is 2.09 bits per heavy atom. The van der Waals surface area contributed by atoms with Gasteiger partial charge in [-0.05, 0) is 27.2 Å². The van der Waals surface area contributed by atoms with Crippen molar-refractivity contribution in [2.75, 3.05) is 13.2 Å². The molecule has 2 fully saturated rings. The van der Waals surface area contributed by atoms with E-state index in [1.165, 1.54) is 6.42 Å². The summed E-state index contributed by atoms with van der Waals surface area (Å²) in [6.07, 6.45) is 1.80. The molecule has 0 aliphatic carbocycles. The molecule has 2 aliphatic rings. The summed E-state index contributed by atoms with van der Waals surface area (Å²) in [5.74, 6) is 0. The Morgan fingerprint density at radius 1 is 1.36 bits per heavy atom. The Balaban J connectivity index is 2.00. The number of rotatable bonds is 0. The van der Waals surface area contributed by atoms with Gasteiger partial charge >= 0.3 is 0 Å². The highest BCUT2D eigenvalue weighted by molar-refractivity contribution is 5.01. The second-order valence-electron chi connectivity index (χ2n) is 4.59. The molecular weight excluding hydrogens is 138 g/mol. The first-order valence-corrected chi connectivity index (χ1v) is 4.47. The molecule has 2 rings (SSSR count). The van der Waals surface area contributed by atoms with Gasteiger partial charge in [0.1, 0.15) is 0 Å². The molecule has 0 saturated carbocycles. The van der Waals surface area contributed by atoms with E-state index in [4.69, 9.17) is 4.74 Å². The van der Waals surface area contributed by atoms with E-state index in [-0.39, 0.29) is 0 Å². The Morgan fingerprint density at radius 3 is 2.64 bits per heavy atom. The molecule has 0 unspecified atom stereocenters. The molecule has 0 aromatic rings.